The Labute approximate surface area is 109 Å². The molecule has 3 nitrogen and oxygen atoms in total. The van der Waals surface area contributed by atoms with Gasteiger partial charge in [0.05, 0.1) is 0 Å². The molecule has 98 valence electrons. The number of rotatable bonds is 5. The minimum atomic E-state index is 0.129. The fourth-order valence-electron chi connectivity index (χ4n) is 2.52. The SMILES string of the molecule is CC(C)NC(=O)CCNC1CCc2ccccc21. The van der Waals surface area contributed by atoms with Gasteiger partial charge in [0, 0.05) is 25.0 Å². The van der Waals surface area contributed by atoms with E-state index in [1.807, 2.05) is 13.8 Å². The Kier molecular flexibility index (Phi) is 4.37. The van der Waals surface area contributed by atoms with Gasteiger partial charge in [-0.15, -0.1) is 0 Å². The van der Waals surface area contributed by atoms with E-state index in [0.29, 0.717) is 12.5 Å². The summed E-state index contributed by atoms with van der Waals surface area (Å²) in [6.07, 6.45) is 2.84. The molecule has 0 saturated carbocycles. The van der Waals surface area contributed by atoms with Gasteiger partial charge in [0.25, 0.3) is 0 Å². The zero-order valence-electron chi connectivity index (χ0n) is 11.2. The van der Waals surface area contributed by atoms with Gasteiger partial charge < -0.3 is 10.6 Å². The summed E-state index contributed by atoms with van der Waals surface area (Å²) < 4.78 is 0. The van der Waals surface area contributed by atoms with Gasteiger partial charge in [-0.25, -0.2) is 0 Å². The molecule has 1 amide bonds. The largest absolute Gasteiger partial charge is 0.354 e. The summed E-state index contributed by atoms with van der Waals surface area (Å²) in [5.41, 5.74) is 2.85. The Balaban J connectivity index is 1.77. The predicted molar refractivity (Wildman–Crippen MR) is 73.4 cm³/mol. The van der Waals surface area contributed by atoms with Crippen molar-refractivity contribution in [2.75, 3.05) is 6.54 Å². The maximum atomic E-state index is 11.5. The van der Waals surface area contributed by atoms with Crippen LogP contribution in [-0.2, 0) is 11.2 Å². The van der Waals surface area contributed by atoms with Crippen molar-refractivity contribution in [2.45, 2.75) is 45.2 Å². The van der Waals surface area contributed by atoms with Crippen LogP contribution >= 0.6 is 0 Å². The molecular formula is C15H22N2O. The molecule has 0 spiro atoms. The van der Waals surface area contributed by atoms with Gasteiger partial charge in [-0.3, -0.25) is 4.79 Å². The fraction of sp³-hybridized carbons (Fsp3) is 0.533. The van der Waals surface area contributed by atoms with E-state index in [-0.39, 0.29) is 11.9 Å². The first-order chi connectivity index (χ1) is 8.66. The number of carbonyl (C=O) groups is 1. The molecule has 0 bridgehead atoms. The van der Waals surface area contributed by atoms with Crippen molar-refractivity contribution in [2.24, 2.45) is 0 Å². The van der Waals surface area contributed by atoms with E-state index >= 15 is 0 Å². The van der Waals surface area contributed by atoms with Crippen molar-refractivity contribution in [3.8, 4) is 0 Å². The van der Waals surface area contributed by atoms with Gasteiger partial charge in [-0.2, -0.15) is 0 Å². The Morgan fingerprint density at radius 3 is 2.94 bits per heavy atom. The topological polar surface area (TPSA) is 41.1 Å². The zero-order chi connectivity index (χ0) is 13.0. The molecule has 3 heteroatoms. The quantitative estimate of drug-likeness (QED) is 0.836. The third-order valence-corrected chi connectivity index (χ3v) is 3.33. The molecular weight excluding hydrogens is 224 g/mol. The van der Waals surface area contributed by atoms with E-state index in [9.17, 15) is 4.79 Å². The molecule has 0 fully saturated rings. The number of aryl methyl sites for hydroxylation is 1. The van der Waals surface area contributed by atoms with Crippen molar-refractivity contribution in [1.29, 1.82) is 0 Å². The van der Waals surface area contributed by atoms with E-state index in [1.165, 1.54) is 11.1 Å². The third kappa shape index (κ3) is 3.33. The van der Waals surface area contributed by atoms with Crippen molar-refractivity contribution in [3.05, 3.63) is 35.4 Å². The lowest BCUT2D eigenvalue weighted by Crippen LogP contribution is -2.33. The summed E-state index contributed by atoms with van der Waals surface area (Å²) in [6, 6.07) is 9.22. The van der Waals surface area contributed by atoms with Crippen molar-refractivity contribution < 1.29 is 4.79 Å². The van der Waals surface area contributed by atoms with Gasteiger partial charge in [0.1, 0.15) is 0 Å². The molecule has 1 aromatic carbocycles. The van der Waals surface area contributed by atoms with E-state index in [0.717, 1.165) is 19.4 Å². The summed E-state index contributed by atoms with van der Waals surface area (Å²) in [4.78, 5) is 11.5. The van der Waals surface area contributed by atoms with Crippen molar-refractivity contribution >= 4 is 5.91 Å². The van der Waals surface area contributed by atoms with E-state index < -0.39 is 0 Å². The van der Waals surface area contributed by atoms with Crippen LogP contribution in [0.25, 0.3) is 0 Å². The summed E-state index contributed by atoms with van der Waals surface area (Å²) in [5, 5.41) is 6.39. The molecule has 0 radical (unpaired) electrons. The molecule has 0 aromatic heterocycles. The molecule has 0 saturated heterocycles. The molecule has 1 aliphatic rings. The first kappa shape index (κ1) is 13.1. The lowest BCUT2D eigenvalue weighted by Gasteiger charge is -2.14. The standard InChI is InChI=1S/C15H22N2O/c1-11(2)17-15(18)9-10-16-14-8-7-12-5-3-4-6-13(12)14/h3-6,11,14,16H,7-10H2,1-2H3,(H,17,18). The van der Waals surface area contributed by atoms with Crippen LogP contribution < -0.4 is 10.6 Å². The average Bonchev–Trinajstić information content (AvgIpc) is 2.72. The Morgan fingerprint density at radius 2 is 2.17 bits per heavy atom. The van der Waals surface area contributed by atoms with Gasteiger partial charge in [-0.05, 0) is 37.8 Å². The zero-order valence-corrected chi connectivity index (χ0v) is 11.2. The highest BCUT2D eigenvalue weighted by molar-refractivity contribution is 5.76. The number of fused-ring (bicyclic) bond motifs is 1. The fourth-order valence-corrected chi connectivity index (χ4v) is 2.52. The van der Waals surface area contributed by atoms with Gasteiger partial charge in [-0.1, -0.05) is 24.3 Å². The second kappa shape index (κ2) is 6.01. The predicted octanol–water partition coefficient (Wildman–Crippen LogP) is 2.18. The number of hydrogen-bond acceptors (Lipinski definition) is 2. The Bertz CT molecular complexity index is 415. The second-order valence-corrected chi connectivity index (χ2v) is 5.22. The molecule has 1 unspecified atom stereocenters. The molecule has 0 heterocycles. The van der Waals surface area contributed by atoms with Crippen LogP contribution in [0, 0.1) is 0 Å². The monoisotopic (exact) mass is 246 g/mol. The van der Waals surface area contributed by atoms with E-state index in [1.54, 1.807) is 0 Å². The number of carbonyl (C=O) groups excluding carboxylic acids is 1. The molecule has 0 aliphatic heterocycles. The van der Waals surface area contributed by atoms with Crippen LogP contribution in [0.5, 0.6) is 0 Å². The van der Waals surface area contributed by atoms with Crippen LogP contribution in [-0.4, -0.2) is 18.5 Å². The van der Waals surface area contributed by atoms with Crippen LogP contribution in [0.2, 0.25) is 0 Å². The average molecular weight is 246 g/mol. The number of amides is 1. The molecule has 2 N–H and O–H groups in total. The Hall–Kier alpha value is -1.35. The van der Waals surface area contributed by atoms with Crippen LogP contribution in [0.1, 0.15) is 43.9 Å². The first-order valence-electron chi connectivity index (χ1n) is 6.77. The van der Waals surface area contributed by atoms with Gasteiger partial charge >= 0.3 is 0 Å². The number of benzene rings is 1. The second-order valence-electron chi connectivity index (χ2n) is 5.22. The maximum Gasteiger partial charge on any atom is 0.221 e. The third-order valence-electron chi connectivity index (χ3n) is 3.33. The normalized spacial score (nSPS) is 17.8. The summed E-state index contributed by atoms with van der Waals surface area (Å²) >= 11 is 0. The molecule has 1 aromatic rings. The van der Waals surface area contributed by atoms with E-state index in [2.05, 4.69) is 34.9 Å². The molecule has 1 atom stereocenters. The number of hydrogen-bond donors (Lipinski definition) is 2. The lowest BCUT2D eigenvalue weighted by atomic mass is 10.1. The summed E-state index contributed by atoms with van der Waals surface area (Å²) in [7, 11) is 0. The van der Waals surface area contributed by atoms with Crippen LogP contribution in [0.15, 0.2) is 24.3 Å². The number of nitrogens with one attached hydrogen (secondary N) is 2. The highest BCUT2D eigenvalue weighted by Crippen LogP contribution is 2.30. The minimum absolute atomic E-state index is 0.129. The van der Waals surface area contributed by atoms with Crippen molar-refractivity contribution in [1.82, 2.24) is 10.6 Å². The van der Waals surface area contributed by atoms with E-state index in [4.69, 9.17) is 0 Å². The van der Waals surface area contributed by atoms with Gasteiger partial charge in [0.2, 0.25) is 5.91 Å². The summed E-state index contributed by atoms with van der Waals surface area (Å²) in [6.45, 7) is 4.72. The van der Waals surface area contributed by atoms with Crippen LogP contribution in [0.3, 0.4) is 0 Å². The molecule has 1 aliphatic carbocycles. The maximum absolute atomic E-state index is 11.5. The molecule has 2 rings (SSSR count). The van der Waals surface area contributed by atoms with Gasteiger partial charge in [0.15, 0.2) is 0 Å². The van der Waals surface area contributed by atoms with Crippen molar-refractivity contribution in [3.63, 3.8) is 0 Å². The lowest BCUT2D eigenvalue weighted by molar-refractivity contribution is -0.121. The van der Waals surface area contributed by atoms with Crippen LogP contribution in [0.4, 0.5) is 0 Å². The first-order valence-corrected chi connectivity index (χ1v) is 6.77. The highest BCUT2D eigenvalue weighted by Gasteiger charge is 2.21. The molecule has 18 heavy (non-hydrogen) atoms. The minimum Gasteiger partial charge on any atom is -0.354 e. The summed E-state index contributed by atoms with van der Waals surface area (Å²) in [5.74, 6) is 0.129. The Morgan fingerprint density at radius 1 is 1.39 bits per heavy atom. The smallest absolute Gasteiger partial charge is 0.221 e. The highest BCUT2D eigenvalue weighted by atomic mass is 16.1.